The molecule has 1 aromatic rings. The molecule has 0 bridgehead atoms. The molecule has 0 saturated carbocycles. The van der Waals surface area contributed by atoms with E-state index in [1.165, 1.54) is 5.56 Å². The van der Waals surface area contributed by atoms with Crippen LogP contribution in [-0.4, -0.2) is 19.3 Å². The van der Waals surface area contributed by atoms with Crippen LogP contribution in [0.1, 0.15) is 18.6 Å². The van der Waals surface area contributed by atoms with Crippen molar-refractivity contribution < 1.29 is 9.47 Å². The zero-order chi connectivity index (χ0) is 9.97. The van der Waals surface area contributed by atoms with Crippen LogP contribution >= 0.6 is 15.9 Å². The van der Waals surface area contributed by atoms with Crippen LogP contribution in [-0.2, 0) is 9.47 Å². The molecule has 2 atom stereocenters. The van der Waals surface area contributed by atoms with Crippen molar-refractivity contribution in [2.75, 3.05) is 13.2 Å². The molecule has 1 heterocycles. The Morgan fingerprint density at radius 3 is 3.07 bits per heavy atom. The topological polar surface area (TPSA) is 21.8 Å². The summed E-state index contributed by atoms with van der Waals surface area (Å²) in [5.74, 6) is 0. The van der Waals surface area contributed by atoms with Gasteiger partial charge in [-0.2, -0.15) is 0 Å². The van der Waals surface area contributed by atoms with E-state index in [4.69, 9.17) is 9.47 Å². The summed E-state index contributed by atoms with van der Waals surface area (Å²) in [6, 6.07) is 8.19. The van der Waals surface area contributed by atoms with Crippen molar-refractivity contribution >= 4 is 15.9 Å². The van der Waals surface area contributed by atoms with Gasteiger partial charge in [-0.1, -0.05) is 28.1 Å². The third-order valence-corrected chi connectivity index (χ3v) is 2.75. The molecule has 1 fully saturated rings. The molecule has 1 aromatic carbocycles. The Labute approximate surface area is 92.3 Å². The molecule has 0 amide bonds. The lowest BCUT2D eigenvalue weighted by atomic mass is 10.1. The van der Waals surface area contributed by atoms with Crippen LogP contribution in [0.25, 0.3) is 0 Å². The van der Waals surface area contributed by atoms with E-state index in [9.17, 15) is 0 Å². The number of benzene rings is 1. The van der Waals surface area contributed by atoms with Crippen molar-refractivity contribution in [2.45, 2.75) is 19.1 Å². The molecular formula is C11H13BrO2. The minimum atomic E-state index is 0.136. The van der Waals surface area contributed by atoms with Crippen LogP contribution in [0.4, 0.5) is 0 Å². The molecule has 76 valence electrons. The fraction of sp³-hybridized carbons (Fsp3) is 0.455. The van der Waals surface area contributed by atoms with Gasteiger partial charge in [0.05, 0.1) is 19.3 Å². The first-order valence-corrected chi connectivity index (χ1v) is 5.53. The zero-order valence-corrected chi connectivity index (χ0v) is 9.66. The molecule has 1 aliphatic rings. The summed E-state index contributed by atoms with van der Waals surface area (Å²) in [5, 5.41) is 0. The predicted molar refractivity (Wildman–Crippen MR) is 58.2 cm³/mol. The number of hydrogen-bond acceptors (Lipinski definition) is 2. The maximum Gasteiger partial charge on any atom is 0.104 e. The molecule has 0 aromatic heterocycles. The summed E-state index contributed by atoms with van der Waals surface area (Å²) >= 11 is 3.44. The van der Waals surface area contributed by atoms with E-state index in [0.717, 1.165) is 11.1 Å². The number of ether oxygens (including phenoxy) is 2. The van der Waals surface area contributed by atoms with E-state index in [2.05, 4.69) is 35.0 Å². The standard InChI is InChI=1S/C11H13BrO2/c1-8(13-6-11-7-14-11)9-3-2-4-10(12)5-9/h2-5,8,11H,6-7H2,1H3/t8-,11+/m1/s1. The second-order valence-electron chi connectivity index (χ2n) is 3.49. The molecule has 3 heteroatoms. The highest BCUT2D eigenvalue weighted by Crippen LogP contribution is 2.22. The highest BCUT2D eigenvalue weighted by atomic mass is 79.9. The quantitative estimate of drug-likeness (QED) is 0.773. The largest absolute Gasteiger partial charge is 0.371 e. The smallest absolute Gasteiger partial charge is 0.104 e. The molecule has 0 unspecified atom stereocenters. The highest BCUT2D eigenvalue weighted by Gasteiger charge is 2.23. The molecule has 1 saturated heterocycles. The summed E-state index contributed by atoms with van der Waals surface area (Å²) in [4.78, 5) is 0. The Hall–Kier alpha value is -0.380. The van der Waals surface area contributed by atoms with Crippen LogP contribution in [0.15, 0.2) is 28.7 Å². The van der Waals surface area contributed by atoms with E-state index in [1.54, 1.807) is 0 Å². The second kappa shape index (κ2) is 4.43. The maximum atomic E-state index is 5.66. The SMILES string of the molecule is C[C@@H](OC[C@H]1CO1)c1cccc(Br)c1. The fourth-order valence-electron chi connectivity index (χ4n) is 1.27. The molecule has 1 aliphatic heterocycles. The van der Waals surface area contributed by atoms with Gasteiger partial charge < -0.3 is 9.47 Å². The second-order valence-corrected chi connectivity index (χ2v) is 4.40. The van der Waals surface area contributed by atoms with Gasteiger partial charge in [-0.05, 0) is 24.6 Å². The highest BCUT2D eigenvalue weighted by molar-refractivity contribution is 9.10. The minimum absolute atomic E-state index is 0.136. The zero-order valence-electron chi connectivity index (χ0n) is 8.07. The molecular weight excluding hydrogens is 244 g/mol. The Kier molecular flexibility index (Phi) is 3.21. The van der Waals surface area contributed by atoms with Gasteiger partial charge in [-0.25, -0.2) is 0 Å². The van der Waals surface area contributed by atoms with Gasteiger partial charge in [0.15, 0.2) is 0 Å². The van der Waals surface area contributed by atoms with Crippen molar-refractivity contribution in [3.8, 4) is 0 Å². The van der Waals surface area contributed by atoms with Gasteiger partial charge in [-0.3, -0.25) is 0 Å². The van der Waals surface area contributed by atoms with Gasteiger partial charge in [0, 0.05) is 4.47 Å². The van der Waals surface area contributed by atoms with Gasteiger partial charge in [0.1, 0.15) is 6.10 Å². The van der Waals surface area contributed by atoms with Crippen molar-refractivity contribution in [1.29, 1.82) is 0 Å². The fourth-order valence-corrected chi connectivity index (χ4v) is 1.69. The van der Waals surface area contributed by atoms with Crippen LogP contribution < -0.4 is 0 Å². The molecule has 0 radical (unpaired) electrons. The van der Waals surface area contributed by atoms with Crippen molar-refractivity contribution in [1.82, 2.24) is 0 Å². The predicted octanol–water partition coefficient (Wildman–Crippen LogP) is 2.93. The van der Waals surface area contributed by atoms with E-state index in [-0.39, 0.29) is 6.10 Å². The van der Waals surface area contributed by atoms with Gasteiger partial charge in [0.25, 0.3) is 0 Å². The lowest BCUT2D eigenvalue weighted by Crippen LogP contribution is -2.05. The molecule has 0 aliphatic carbocycles. The molecule has 0 N–H and O–H groups in total. The molecule has 14 heavy (non-hydrogen) atoms. The maximum absolute atomic E-state index is 5.66. The molecule has 2 rings (SSSR count). The van der Waals surface area contributed by atoms with Crippen LogP contribution in [0, 0.1) is 0 Å². The normalized spacial score (nSPS) is 22.0. The number of hydrogen-bond donors (Lipinski definition) is 0. The third kappa shape index (κ3) is 2.80. The summed E-state index contributed by atoms with van der Waals surface area (Å²) < 4.78 is 11.8. The molecule has 0 spiro atoms. The number of epoxide rings is 1. The summed E-state index contributed by atoms with van der Waals surface area (Å²) in [6.45, 7) is 3.61. The Morgan fingerprint density at radius 2 is 2.43 bits per heavy atom. The minimum Gasteiger partial charge on any atom is -0.371 e. The van der Waals surface area contributed by atoms with E-state index in [0.29, 0.717) is 12.7 Å². The lowest BCUT2D eigenvalue weighted by Gasteiger charge is -2.12. The Bertz CT molecular complexity index is 310. The van der Waals surface area contributed by atoms with Crippen LogP contribution in [0.5, 0.6) is 0 Å². The Morgan fingerprint density at radius 1 is 1.64 bits per heavy atom. The van der Waals surface area contributed by atoms with E-state index < -0.39 is 0 Å². The number of rotatable bonds is 4. The summed E-state index contributed by atoms with van der Waals surface area (Å²) in [5.41, 5.74) is 1.19. The first-order chi connectivity index (χ1) is 6.75. The Balaban J connectivity index is 1.91. The first-order valence-electron chi connectivity index (χ1n) is 4.74. The van der Waals surface area contributed by atoms with Crippen molar-refractivity contribution in [3.05, 3.63) is 34.3 Å². The number of halogens is 1. The van der Waals surface area contributed by atoms with Gasteiger partial charge >= 0.3 is 0 Å². The first kappa shape index (κ1) is 10.1. The van der Waals surface area contributed by atoms with E-state index >= 15 is 0 Å². The van der Waals surface area contributed by atoms with Crippen molar-refractivity contribution in [2.24, 2.45) is 0 Å². The average molecular weight is 257 g/mol. The molecule has 2 nitrogen and oxygen atoms in total. The average Bonchev–Trinajstić information content (AvgIpc) is 2.97. The summed E-state index contributed by atoms with van der Waals surface area (Å²) in [6.07, 6.45) is 0.473. The van der Waals surface area contributed by atoms with Gasteiger partial charge in [0.2, 0.25) is 0 Å². The summed E-state index contributed by atoms with van der Waals surface area (Å²) in [7, 11) is 0. The third-order valence-electron chi connectivity index (χ3n) is 2.25. The van der Waals surface area contributed by atoms with Crippen LogP contribution in [0.2, 0.25) is 0 Å². The van der Waals surface area contributed by atoms with E-state index in [1.807, 2.05) is 12.1 Å². The van der Waals surface area contributed by atoms with Gasteiger partial charge in [-0.15, -0.1) is 0 Å². The van der Waals surface area contributed by atoms with Crippen LogP contribution in [0.3, 0.4) is 0 Å². The lowest BCUT2D eigenvalue weighted by molar-refractivity contribution is 0.0539. The monoisotopic (exact) mass is 256 g/mol. The van der Waals surface area contributed by atoms with Crippen molar-refractivity contribution in [3.63, 3.8) is 0 Å².